The highest BCUT2D eigenvalue weighted by Gasteiger charge is 2.32. The summed E-state index contributed by atoms with van der Waals surface area (Å²) in [5.41, 5.74) is 3.36. The van der Waals surface area contributed by atoms with Gasteiger partial charge in [0.25, 0.3) is 5.91 Å². The largest absolute Gasteiger partial charge is 0.342 e. The molecule has 4 aromatic rings. The van der Waals surface area contributed by atoms with Crippen LogP contribution in [0.2, 0.25) is 5.02 Å². The molecule has 1 saturated heterocycles. The lowest BCUT2D eigenvalue weighted by molar-refractivity contribution is -0.122. The summed E-state index contributed by atoms with van der Waals surface area (Å²) in [7, 11) is 0. The first-order chi connectivity index (χ1) is 16.9. The van der Waals surface area contributed by atoms with E-state index in [1.54, 1.807) is 17.0 Å². The Labute approximate surface area is 225 Å². The summed E-state index contributed by atoms with van der Waals surface area (Å²) in [4.78, 5) is 15.4. The number of thioether (sulfide) groups is 1. The summed E-state index contributed by atoms with van der Waals surface area (Å²) < 4.78 is 17.9. The molecule has 0 N–H and O–H groups in total. The summed E-state index contributed by atoms with van der Waals surface area (Å²) in [5, 5.41) is 1.33. The minimum atomic E-state index is -0.350. The van der Waals surface area contributed by atoms with Crippen LogP contribution in [0.1, 0.15) is 16.7 Å². The van der Waals surface area contributed by atoms with E-state index in [0.717, 1.165) is 32.9 Å². The number of hydrogen-bond donors (Lipinski definition) is 0. The Morgan fingerprint density at radius 3 is 2.66 bits per heavy atom. The van der Waals surface area contributed by atoms with Crippen LogP contribution in [-0.2, 0) is 17.8 Å². The van der Waals surface area contributed by atoms with Crippen LogP contribution in [0.3, 0.4) is 0 Å². The van der Waals surface area contributed by atoms with Gasteiger partial charge in [-0.2, -0.15) is 0 Å². The SMILES string of the molecule is O=C1/C(=C/c2cn(Cc3c(F)cccc3Cl)c3ccc(Br)cc23)SC(=S)N1CCc1ccccc1. The zero-order chi connectivity index (χ0) is 24.5. The van der Waals surface area contributed by atoms with Crippen LogP contribution in [0.4, 0.5) is 4.39 Å². The first-order valence-electron chi connectivity index (χ1n) is 10.9. The maximum atomic E-state index is 14.5. The zero-order valence-corrected chi connectivity index (χ0v) is 22.4. The number of aromatic nitrogens is 1. The fourth-order valence-corrected chi connectivity index (χ4v) is 6.00. The predicted octanol–water partition coefficient (Wildman–Crippen LogP) is 7.69. The average Bonchev–Trinajstić information content (AvgIpc) is 3.31. The minimum absolute atomic E-state index is 0.0935. The molecule has 1 amide bonds. The second-order valence-corrected chi connectivity index (χ2v) is 11.1. The highest BCUT2D eigenvalue weighted by molar-refractivity contribution is 9.10. The molecule has 0 bridgehead atoms. The van der Waals surface area contributed by atoms with Crippen LogP contribution in [0.25, 0.3) is 17.0 Å². The molecule has 1 aliphatic heterocycles. The number of carbonyl (C=O) groups is 1. The second kappa shape index (κ2) is 10.3. The van der Waals surface area contributed by atoms with Gasteiger partial charge < -0.3 is 4.57 Å². The summed E-state index contributed by atoms with van der Waals surface area (Å²) in [6.07, 6.45) is 4.53. The third-order valence-electron chi connectivity index (χ3n) is 5.89. The Morgan fingerprint density at radius 1 is 1.09 bits per heavy atom. The molecule has 0 spiro atoms. The highest BCUT2D eigenvalue weighted by Crippen LogP contribution is 2.35. The van der Waals surface area contributed by atoms with Crippen LogP contribution in [0.5, 0.6) is 0 Å². The Balaban J connectivity index is 1.46. The van der Waals surface area contributed by atoms with E-state index in [-0.39, 0.29) is 18.3 Å². The molecule has 0 aliphatic carbocycles. The first-order valence-corrected chi connectivity index (χ1v) is 13.3. The van der Waals surface area contributed by atoms with Gasteiger partial charge in [0.15, 0.2) is 0 Å². The fraction of sp³-hybridized carbons (Fsp3) is 0.111. The van der Waals surface area contributed by atoms with Gasteiger partial charge in [0.1, 0.15) is 10.1 Å². The molecule has 3 aromatic carbocycles. The van der Waals surface area contributed by atoms with Crippen molar-refractivity contribution >= 4 is 78.7 Å². The maximum absolute atomic E-state index is 14.5. The normalized spacial score (nSPS) is 15.1. The van der Waals surface area contributed by atoms with Gasteiger partial charge in [-0.1, -0.05) is 87.9 Å². The Morgan fingerprint density at radius 2 is 1.89 bits per heavy atom. The third kappa shape index (κ3) is 5.09. The van der Waals surface area contributed by atoms with Gasteiger partial charge in [-0.15, -0.1) is 0 Å². The van der Waals surface area contributed by atoms with Crippen molar-refractivity contribution in [1.29, 1.82) is 0 Å². The summed E-state index contributed by atoms with van der Waals surface area (Å²) in [5.74, 6) is -0.443. The van der Waals surface area contributed by atoms with Crippen molar-refractivity contribution in [3.8, 4) is 0 Å². The van der Waals surface area contributed by atoms with Gasteiger partial charge in [0.2, 0.25) is 0 Å². The van der Waals surface area contributed by atoms with Crippen LogP contribution >= 0.6 is 51.5 Å². The van der Waals surface area contributed by atoms with E-state index < -0.39 is 0 Å². The molecular weight excluding hydrogens is 567 g/mol. The zero-order valence-electron chi connectivity index (χ0n) is 18.4. The molecule has 35 heavy (non-hydrogen) atoms. The van der Waals surface area contributed by atoms with E-state index in [4.69, 9.17) is 23.8 Å². The first kappa shape index (κ1) is 24.3. The van der Waals surface area contributed by atoms with Crippen molar-refractivity contribution in [3.05, 3.63) is 110 Å². The molecular formula is C27H19BrClFN2OS2. The number of rotatable bonds is 6. The molecule has 3 nitrogen and oxygen atoms in total. The summed E-state index contributed by atoms with van der Waals surface area (Å²) in [6, 6.07) is 20.6. The van der Waals surface area contributed by atoms with Gasteiger partial charge in [-0.05, 0) is 48.4 Å². The van der Waals surface area contributed by atoms with E-state index >= 15 is 0 Å². The van der Waals surface area contributed by atoms with Gasteiger partial charge >= 0.3 is 0 Å². The lowest BCUT2D eigenvalue weighted by atomic mass is 10.1. The number of benzene rings is 3. The molecule has 176 valence electrons. The molecule has 0 atom stereocenters. The lowest BCUT2D eigenvalue weighted by Gasteiger charge is -2.14. The molecule has 1 aliphatic rings. The highest BCUT2D eigenvalue weighted by atomic mass is 79.9. The lowest BCUT2D eigenvalue weighted by Crippen LogP contribution is -2.30. The van der Waals surface area contributed by atoms with Crippen molar-refractivity contribution in [2.24, 2.45) is 0 Å². The van der Waals surface area contributed by atoms with Crippen LogP contribution in [0, 0.1) is 5.82 Å². The monoisotopic (exact) mass is 584 g/mol. The smallest absolute Gasteiger partial charge is 0.266 e. The Kier molecular flexibility index (Phi) is 7.12. The number of nitrogens with zero attached hydrogens (tertiary/aromatic N) is 2. The fourth-order valence-electron chi connectivity index (χ4n) is 4.12. The van der Waals surface area contributed by atoms with E-state index in [1.165, 1.54) is 17.8 Å². The van der Waals surface area contributed by atoms with Crippen molar-refractivity contribution in [3.63, 3.8) is 0 Å². The number of fused-ring (bicyclic) bond motifs is 1. The maximum Gasteiger partial charge on any atom is 0.266 e. The van der Waals surface area contributed by atoms with Crippen molar-refractivity contribution in [2.75, 3.05) is 6.54 Å². The second-order valence-electron chi connectivity index (χ2n) is 8.14. The van der Waals surface area contributed by atoms with Gasteiger partial charge in [0.05, 0.1) is 11.4 Å². The number of carbonyl (C=O) groups excluding carboxylic acids is 1. The van der Waals surface area contributed by atoms with E-state index in [0.29, 0.717) is 26.4 Å². The van der Waals surface area contributed by atoms with Crippen molar-refractivity contribution < 1.29 is 9.18 Å². The van der Waals surface area contributed by atoms with Gasteiger partial charge in [0, 0.05) is 44.3 Å². The molecule has 0 saturated carbocycles. The topological polar surface area (TPSA) is 25.2 Å². The molecule has 1 fully saturated rings. The standard InChI is InChI=1S/C27H19BrClFN2OS2/c28-19-9-10-24-20(14-19)18(15-31(24)16-21-22(29)7-4-8-23(21)30)13-25-26(33)32(27(34)35-25)12-11-17-5-2-1-3-6-17/h1-10,13-15H,11-12,16H2/b25-13-. The number of thiocarbonyl (C=S) groups is 1. The number of amides is 1. The Hall–Kier alpha value is -2.45. The molecule has 1 aromatic heterocycles. The quantitative estimate of drug-likeness (QED) is 0.171. The Bertz CT molecular complexity index is 1470. The number of hydrogen-bond acceptors (Lipinski definition) is 3. The van der Waals surface area contributed by atoms with E-state index in [2.05, 4.69) is 15.9 Å². The summed E-state index contributed by atoms with van der Waals surface area (Å²) in [6.45, 7) is 0.806. The average molecular weight is 586 g/mol. The van der Waals surface area contributed by atoms with Gasteiger partial charge in [-0.3, -0.25) is 9.69 Å². The van der Waals surface area contributed by atoms with E-state index in [1.807, 2.05) is 65.4 Å². The predicted molar refractivity (Wildman–Crippen MR) is 150 cm³/mol. The van der Waals surface area contributed by atoms with Crippen molar-refractivity contribution in [1.82, 2.24) is 9.47 Å². The van der Waals surface area contributed by atoms with Crippen LogP contribution < -0.4 is 0 Å². The molecule has 8 heteroatoms. The molecule has 2 heterocycles. The summed E-state index contributed by atoms with van der Waals surface area (Å²) >= 11 is 16.7. The third-order valence-corrected chi connectivity index (χ3v) is 8.12. The van der Waals surface area contributed by atoms with E-state index in [9.17, 15) is 9.18 Å². The molecule has 5 rings (SSSR count). The van der Waals surface area contributed by atoms with Gasteiger partial charge in [-0.25, -0.2) is 4.39 Å². The minimum Gasteiger partial charge on any atom is -0.342 e. The number of halogens is 3. The van der Waals surface area contributed by atoms with Crippen molar-refractivity contribution in [2.45, 2.75) is 13.0 Å². The molecule has 0 radical (unpaired) electrons. The van der Waals surface area contributed by atoms with Crippen LogP contribution in [0.15, 0.2) is 82.3 Å². The van der Waals surface area contributed by atoms with Crippen LogP contribution in [-0.4, -0.2) is 26.2 Å². The molecule has 0 unspecified atom stereocenters.